The van der Waals surface area contributed by atoms with Crippen LogP contribution in [0.2, 0.25) is 0 Å². The number of rotatable bonds is 5. The summed E-state index contributed by atoms with van der Waals surface area (Å²) >= 11 is 0. The number of benzene rings is 1. The fourth-order valence-electron chi connectivity index (χ4n) is 2.72. The second kappa shape index (κ2) is 6.92. The molecule has 3 heteroatoms. The molecule has 0 amide bonds. The number of ether oxygens (including phenoxy) is 1. The molecular weight excluding hydrogens is 236 g/mol. The van der Waals surface area contributed by atoms with Crippen LogP contribution in [0.15, 0.2) is 24.3 Å². The Labute approximate surface area is 116 Å². The lowest BCUT2D eigenvalue weighted by atomic mass is 9.98. The van der Waals surface area contributed by atoms with E-state index < -0.39 is 0 Å². The van der Waals surface area contributed by atoms with Gasteiger partial charge in [0.1, 0.15) is 5.75 Å². The molecule has 0 radical (unpaired) electrons. The Morgan fingerprint density at radius 3 is 2.74 bits per heavy atom. The average molecular weight is 262 g/mol. The third kappa shape index (κ3) is 3.95. The smallest absolute Gasteiger partial charge is 0.119 e. The second-order valence-corrected chi connectivity index (χ2v) is 5.60. The van der Waals surface area contributed by atoms with E-state index in [1.807, 2.05) is 13.1 Å². The summed E-state index contributed by atoms with van der Waals surface area (Å²) in [6.07, 6.45) is 2.66. The van der Waals surface area contributed by atoms with Gasteiger partial charge in [0.15, 0.2) is 0 Å². The molecular formula is C16H26N2O. The van der Waals surface area contributed by atoms with E-state index in [0.29, 0.717) is 6.04 Å². The van der Waals surface area contributed by atoms with E-state index in [4.69, 9.17) is 4.74 Å². The molecule has 1 saturated heterocycles. The van der Waals surface area contributed by atoms with Gasteiger partial charge in [-0.3, -0.25) is 0 Å². The average Bonchev–Trinajstić information content (AvgIpc) is 2.46. The molecule has 0 aromatic heterocycles. The number of methoxy groups -OCH3 is 1. The molecule has 3 nitrogen and oxygen atoms in total. The Hall–Kier alpha value is -1.06. The monoisotopic (exact) mass is 262 g/mol. The Kier molecular flexibility index (Phi) is 5.23. The largest absolute Gasteiger partial charge is 0.497 e. The summed E-state index contributed by atoms with van der Waals surface area (Å²) in [5.41, 5.74) is 1.31. The van der Waals surface area contributed by atoms with Crippen molar-refractivity contribution < 1.29 is 4.74 Å². The van der Waals surface area contributed by atoms with Gasteiger partial charge in [0.05, 0.1) is 7.11 Å². The Morgan fingerprint density at radius 2 is 2.11 bits per heavy atom. The molecule has 0 bridgehead atoms. The van der Waals surface area contributed by atoms with Crippen LogP contribution in [0.4, 0.5) is 0 Å². The zero-order valence-corrected chi connectivity index (χ0v) is 12.4. The van der Waals surface area contributed by atoms with Crippen molar-refractivity contribution in [2.75, 3.05) is 33.8 Å². The number of hydrogen-bond acceptors (Lipinski definition) is 3. The first-order valence-corrected chi connectivity index (χ1v) is 7.26. The maximum Gasteiger partial charge on any atom is 0.119 e. The zero-order chi connectivity index (χ0) is 13.7. The highest BCUT2D eigenvalue weighted by Gasteiger charge is 2.19. The van der Waals surface area contributed by atoms with Gasteiger partial charge in [0, 0.05) is 12.6 Å². The summed E-state index contributed by atoms with van der Waals surface area (Å²) in [6.45, 7) is 5.89. The highest BCUT2D eigenvalue weighted by molar-refractivity contribution is 5.30. The molecule has 2 rings (SSSR count). The van der Waals surface area contributed by atoms with E-state index in [-0.39, 0.29) is 0 Å². The topological polar surface area (TPSA) is 24.5 Å². The molecule has 1 fully saturated rings. The molecule has 1 N–H and O–H groups in total. The van der Waals surface area contributed by atoms with Crippen LogP contribution < -0.4 is 10.1 Å². The summed E-state index contributed by atoms with van der Waals surface area (Å²) < 4.78 is 5.31. The van der Waals surface area contributed by atoms with Crippen molar-refractivity contribution in [3.63, 3.8) is 0 Å². The molecule has 0 aliphatic carbocycles. The van der Waals surface area contributed by atoms with Crippen LogP contribution in [0.1, 0.15) is 31.4 Å². The maximum atomic E-state index is 5.31. The number of likely N-dealkylation sites (N-methyl/N-ethyl adjacent to an activating group) is 1. The van der Waals surface area contributed by atoms with Gasteiger partial charge in [0.25, 0.3) is 0 Å². The van der Waals surface area contributed by atoms with Crippen molar-refractivity contribution in [2.24, 2.45) is 5.92 Å². The van der Waals surface area contributed by atoms with Gasteiger partial charge in [0.2, 0.25) is 0 Å². The lowest BCUT2D eigenvalue weighted by molar-refractivity contribution is 0.177. The minimum atomic E-state index is 0.378. The van der Waals surface area contributed by atoms with E-state index in [1.165, 1.54) is 31.5 Å². The van der Waals surface area contributed by atoms with Crippen molar-refractivity contribution in [1.29, 1.82) is 0 Å². The predicted molar refractivity (Wildman–Crippen MR) is 79.6 cm³/mol. The summed E-state index contributed by atoms with van der Waals surface area (Å²) in [7, 11) is 3.76. The van der Waals surface area contributed by atoms with Crippen LogP contribution in [0.5, 0.6) is 5.75 Å². The molecule has 1 aliphatic rings. The van der Waals surface area contributed by atoms with E-state index in [1.54, 1.807) is 7.11 Å². The summed E-state index contributed by atoms with van der Waals surface area (Å²) in [4.78, 5) is 2.57. The SMILES string of the molecule is CNC(CN1CCC(C)CC1)c1cccc(OC)c1. The molecule has 1 aromatic carbocycles. The lowest BCUT2D eigenvalue weighted by Gasteiger charge is -2.33. The third-order valence-corrected chi connectivity index (χ3v) is 4.16. The van der Waals surface area contributed by atoms with Crippen LogP contribution in [0, 0.1) is 5.92 Å². The van der Waals surface area contributed by atoms with Crippen LogP contribution >= 0.6 is 0 Å². The molecule has 1 aliphatic heterocycles. The number of nitrogens with one attached hydrogen (secondary N) is 1. The Balaban J connectivity index is 1.99. The van der Waals surface area contributed by atoms with Crippen LogP contribution in [-0.4, -0.2) is 38.7 Å². The molecule has 0 saturated carbocycles. The quantitative estimate of drug-likeness (QED) is 0.883. The minimum absolute atomic E-state index is 0.378. The highest BCUT2D eigenvalue weighted by atomic mass is 16.5. The fraction of sp³-hybridized carbons (Fsp3) is 0.625. The van der Waals surface area contributed by atoms with E-state index >= 15 is 0 Å². The number of likely N-dealkylation sites (tertiary alicyclic amines) is 1. The second-order valence-electron chi connectivity index (χ2n) is 5.60. The van der Waals surface area contributed by atoms with Crippen LogP contribution in [-0.2, 0) is 0 Å². The van der Waals surface area contributed by atoms with E-state index in [9.17, 15) is 0 Å². The van der Waals surface area contributed by atoms with Gasteiger partial charge in [-0.25, -0.2) is 0 Å². The van der Waals surface area contributed by atoms with Crippen molar-refractivity contribution in [3.8, 4) is 5.75 Å². The standard InChI is InChI=1S/C16H26N2O/c1-13-7-9-18(10-8-13)12-16(17-2)14-5-4-6-15(11-14)19-3/h4-6,11,13,16-17H,7-10,12H2,1-3H3. The number of nitrogens with zero attached hydrogens (tertiary/aromatic N) is 1. The first kappa shape index (κ1) is 14.4. The third-order valence-electron chi connectivity index (χ3n) is 4.16. The van der Waals surface area contributed by atoms with Crippen molar-refractivity contribution in [1.82, 2.24) is 10.2 Å². The highest BCUT2D eigenvalue weighted by Crippen LogP contribution is 2.22. The van der Waals surface area contributed by atoms with Crippen LogP contribution in [0.25, 0.3) is 0 Å². The normalized spacial score (nSPS) is 19.3. The molecule has 1 atom stereocenters. The van der Waals surface area contributed by atoms with Gasteiger partial charge in [-0.1, -0.05) is 19.1 Å². The summed E-state index contributed by atoms with van der Waals surface area (Å²) in [5.74, 6) is 1.83. The van der Waals surface area contributed by atoms with Crippen molar-refractivity contribution in [3.05, 3.63) is 29.8 Å². The molecule has 0 spiro atoms. The van der Waals surface area contributed by atoms with Gasteiger partial charge in [-0.05, 0) is 56.6 Å². The molecule has 1 heterocycles. The minimum Gasteiger partial charge on any atom is -0.497 e. The van der Waals surface area contributed by atoms with Gasteiger partial charge < -0.3 is 15.0 Å². The Morgan fingerprint density at radius 1 is 1.37 bits per heavy atom. The van der Waals surface area contributed by atoms with Crippen molar-refractivity contribution in [2.45, 2.75) is 25.8 Å². The molecule has 1 unspecified atom stereocenters. The molecule has 19 heavy (non-hydrogen) atoms. The first-order chi connectivity index (χ1) is 9.22. The van der Waals surface area contributed by atoms with Crippen LogP contribution in [0.3, 0.4) is 0 Å². The predicted octanol–water partition coefficient (Wildman–Crippen LogP) is 2.69. The van der Waals surface area contributed by atoms with Gasteiger partial charge in [-0.15, -0.1) is 0 Å². The van der Waals surface area contributed by atoms with Gasteiger partial charge in [-0.2, -0.15) is 0 Å². The summed E-state index contributed by atoms with van der Waals surface area (Å²) in [6, 6.07) is 8.75. The van der Waals surface area contributed by atoms with E-state index in [0.717, 1.165) is 18.2 Å². The molecule has 106 valence electrons. The zero-order valence-electron chi connectivity index (χ0n) is 12.4. The Bertz CT molecular complexity index is 386. The fourth-order valence-corrected chi connectivity index (χ4v) is 2.72. The molecule has 1 aromatic rings. The number of piperidine rings is 1. The van der Waals surface area contributed by atoms with Crippen molar-refractivity contribution >= 4 is 0 Å². The maximum absolute atomic E-state index is 5.31. The first-order valence-electron chi connectivity index (χ1n) is 7.26. The van der Waals surface area contributed by atoms with Gasteiger partial charge >= 0.3 is 0 Å². The summed E-state index contributed by atoms with van der Waals surface area (Å²) in [5, 5.41) is 3.43. The van der Waals surface area contributed by atoms with E-state index in [2.05, 4.69) is 35.3 Å². The number of hydrogen-bond donors (Lipinski definition) is 1. The lowest BCUT2D eigenvalue weighted by Crippen LogP contribution is -2.38.